The summed E-state index contributed by atoms with van der Waals surface area (Å²) in [6.07, 6.45) is -9.14. The Bertz CT molecular complexity index is 1520. The zero-order chi connectivity index (χ0) is 30.9. The Kier molecular flexibility index (Phi) is 8.94. The Hall–Kier alpha value is -3.56. The van der Waals surface area contributed by atoms with Crippen LogP contribution in [-0.2, 0) is 13.8 Å². The molecule has 0 aliphatic carbocycles. The van der Waals surface area contributed by atoms with E-state index in [9.17, 15) is 28.0 Å². The van der Waals surface area contributed by atoms with Crippen LogP contribution >= 0.6 is 19.4 Å². The molecule has 3 aromatic rings. The average Bonchev–Trinajstić information content (AvgIpc) is 3.16. The molecule has 2 N–H and O–H groups in total. The minimum atomic E-state index is -5.08. The molecule has 2 heterocycles. The van der Waals surface area contributed by atoms with Gasteiger partial charge in [-0.2, -0.15) is 8.78 Å². The second kappa shape index (κ2) is 12.0. The topological polar surface area (TPSA) is 148 Å². The van der Waals surface area contributed by atoms with E-state index in [4.69, 9.17) is 39.4 Å². The molecule has 42 heavy (non-hydrogen) atoms. The van der Waals surface area contributed by atoms with Crippen molar-refractivity contribution in [3.8, 4) is 23.0 Å². The third-order valence-electron chi connectivity index (χ3n) is 6.08. The average molecular weight is 641 g/mol. The Balaban J connectivity index is 1.69. The lowest BCUT2D eigenvalue weighted by Gasteiger charge is -2.33. The van der Waals surface area contributed by atoms with E-state index in [1.165, 1.54) is 62.8 Å². The first kappa shape index (κ1) is 31.4. The van der Waals surface area contributed by atoms with E-state index in [0.29, 0.717) is 17.7 Å². The number of nitrogens with one attached hydrogen (secondary N) is 1. The number of H-pyrrole nitrogens is 1. The number of alkyl halides is 4. The van der Waals surface area contributed by atoms with Crippen LogP contribution in [0.5, 0.6) is 23.0 Å². The van der Waals surface area contributed by atoms with E-state index >= 15 is 8.78 Å². The number of hydrogen-bond donors (Lipinski definition) is 2. The van der Waals surface area contributed by atoms with Crippen molar-refractivity contribution in [1.29, 1.82) is 0 Å². The molecule has 2 aromatic carbocycles. The summed E-state index contributed by atoms with van der Waals surface area (Å²) in [7, 11) is -2.34. The molecule has 228 valence electrons. The molecule has 4 rings (SSSR count). The summed E-state index contributed by atoms with van der Waals surface area (Å²) in [5.41, 5.74) is -6.50. The highest BCUT2D eigenvalue weighted by Gasteiger charge is 2.74. The van der Waals surface area contributed by atoms with Crippen molar-refractivity contribution in [3.63, 3.8) is 0 Å². The number of benzene rings is 2. The number of rotatable bonds is 11. The van der Waals surface area contributed by atoms with Crippen LogP contribution in [0.2, 0.25) is 5.02 Å². The Morgan fingerprint density at radius 3 is 1.93 bits per heavy atom. The number of aliphatic hydroxyl groups is 1. The van der Waals surface area contributed by atoms with Gasteiger partial charge in [0.2, 0.25) is 5.60 Å². The van der Waals surface area contributed by atoms with Gasteiger partial charge in [-0.1, -0.05) is 11.6 Å². The molecule has 1 aliphatic rings. The zero-order valence-corrected chi connectivity index (χ0v) is 23.2. The number of phosphoric acid groups is 1. The van der Waals surface area contributed by atoms with E-state index in [0.717, 1.165) is 0 Å². The first-order valence-electron chi connectivity index (χ1n) is 11.7. The Morgan fingerprint density at radius 2 is 1.48 bits per heavy atom. The highest BCUT2D eigenvalue weighted by molar-refractivity contribution is 7.49. The van der Waals surface area contributed by atoms with Crippen molar-refractivity contribution >= 4 is 19.4 Å². The number of hydrogen-bond acceptors (Lipinski definition) is 10. The van der Waals surface area contributed by atoms with E-state index < -0.39 is 61.0 Å². The number of ether oxygens (including phenoxy) is 3. The van der Waals surface area contributed by atoms with Gasteiger partial charge in [-0.15, -0.1) is 0 Å². The fraction of sp³-hybridized carbons (Fsp3) is 0.333. The Labute approximate surface area is 238 Å². The van der Waals surface area contributed by atoms with Crippen LogP contribution in [-0.4, -0.2) is 59.5 Å². The first-order chi connectivity index (χ1) is 19.7. The molecule has 1 aliphatic heterocycles. The summed E-state index contributed by atoms with van der Waals surface area (Å²) < 4.78 is 104. The second-order valence-electron chi connectivity index (χ2n) is 8.66. The maximum Gasteiger partial charge on any atom is 0.587 e. The highest BCUT2D eigenvalue weighted by Crippen LogP contribution is 2.56. The molecule has 18 heteroatoms. The lowest BCUT2D eigenvalue weighted by atomic mass is 9.95. The van der Waals surface area contributed by atoms with Gasteiger partial charge in [0.15, 0.2) is 12.3 Å². The van der Waals surface area contributed by atoms with Crippen LogP contribution in [0.15, 0.2) is 64.3 Å². The smallest absolute Gasteiger partial charge is 0.497 e. The predicted molar refractivity (Wildman–Crippen MR) is 137 cm³/mol. The predicted octanol–water partition coefficient (Wildman–Crippen LogP) is 4.02. The first-order valence-corrected chi connectivity index (χ1v) is 13.5. The summed E-state index contributed by atoms with van der Waals surface area (Å²) in [6.45, 7) is -1.87. The molecule has 0 amide bonds. The minimum Gasteiger partial charge on any atom is -0.497 e. The molecule has 1 fully saturated rings. The number of halogens is 5. The molecular formula is C24H22ClF4N2O10P. The van der Waals surface area contributed by atoms with Gasteiger partial charge in [0.05, 0.1) is 14.2 Å². The molecule has 1 saturated heterocycles. The number of methoxy groups -OCH3 is 2. The van der Waals surface area contributed by atoms with E-state index in [2.05, 4.69) is 0 Å². The molecule has 0 bridgehead atoms. The standard InChI is InChI=1S/C24H22ClF4N2O10P/c1-36-13-3-7-15(8-4-13)40-42(35,41-16-9-5-14(37-2)6-10-16)38-12-23(21(26)27)24(28,29)18(32)20(39-23)31-11-17(25)19(33)30-22(31)34/h3-11,18,20-21,32H,12H2,1-2H3,(H,30,33,34). The molecule has 0 radical (unpaired) electrons. The third-order valence-corrected chi connectivity index (χ3v) is 7.66. The van der Waals surface area contributed by atoms with Crippen LogP contribution in [0.4, 0.5) is 17.6 Å². The van der Waals surface area contributed by atoms with Gasteiger partial charge in [0, 0.05) is 6.20 Å². The highest BCUT2D eigenvalue weighted by atomic mass is 35.5. The van der Waals surface area contributed by atoms with Crippen molar-refractivity contribution in [3.05, 3.63) is 80.6 Å². The van der Waals surface area contributed by atoms with E-state index in [1.807, 2.05) is 0 Å². The van der Waals surface area contributed by atoms with Gasteiger partial charge in [-0.05, 0) is 48.5 Å². The third kappa shape index (κ3) is 5.99. The van der Waals surface area contributed by atoms with Crippen molar-refractivity contribution in [2.45, 2.75) is 30.3 Å². The second-order valence-corrected chi connectivity index (χ2v) is 10.6. The number of nitrogens with zero attached hydrogens (tertiary/aromatic N) is 1. The summed E-state index contributed by atoms with van der Waals surface area (Å²) in [4.78, 5) is 25.5. The van der Waals surface area contributed by atoms with Crippen molar-refractivity contribution in [2.24, 2.45) is 0 Å². The summed E-state index contributed by atoms with van der Waals surface area (Å²) in [6, 6.07) is 10.5. The lowest BCUT2D eigenvalue weighted by molar-refractivity contribution is -0.242. The molecular weight excluding hydrogens is 619 g/mol. The molecule has 0 saturated carbocycles. The van der Waals surface area contributed by atoms with E-state index in [-0.39, 0.29) is 16.1 Å². The van der Waals surface area contributed by atoms with Crippen molar-refractivity contribution in [2.75, 3.05) is 20.8 Å². The van der Waals surface area contributed by atoms with Crippen molar-refractivity contribution in [1.82, 2.24) is 9.55 Å². The van der Waals surface area contributed by atoms with Crippen molar-refractivity contribution < 1.29 is 55.0 Å². The quantitative estimate of drug-likeness (QED) is 0.233. The molecule has 3 atom stereocenters. The maximum absolute atomic E-state index is 15.4. The zero-order valence-electron chi connectivity index (χ0n) is 21.5. The Morgan fingerprint density at radius 1 is 1.00 bits per heavy atom. The maximum atomic E-state index is 15.4. The van der Waals surface area contributed by atoms with Crippen LogP contribution < -0.4 is 29.8 Å². The lowest BCUT2D eigenvalue weighted by Crippen LogP contribution is -2.57. The van der Waals surface area contributed by atoms with Gasteiger partial charge in [-0.3, -0.25) is 18.9 Å². The van der Waals surface area contributed by atoms with Gasteiger partial charge in [0.25, 0.3) is 12.0 Å². The summed E-state index contributed by atoms with van der Waals surface area (Å²) in [5.74, 6) is -4.49. The largest absolute Gasteiger partial charge is 0.587 e. The normalized spacial score (nSPS) is 21.7. The van der Waals surface area contributed by atoms with Crippen LogP contribution in [0.25, 0.3) is 0 Å². The fourth-order valence-electron chi connectivity index (χ4n) is 3.81. The van der Waals surface area contributed by atoms with Gasteiger partial charge in [0.1, 0.15) is 34.6 Å². The molecule has 12 nitrogen and oxygen atoms in total. The number of phosphoric ester groups is 1. The molecule has 1 aromatic heterocycles. The monoisotopic (exact) mass is 640 g/mol. The van der Waals surface area contributed by atoms with Crippen LogP contribution in [0, 0.1) is 0 Å². The summed E-state index contributed by atoms with van der Waals surface area (Å²) >= 11 is 5.64. The number of aliphatic hydroxyl groups excluding tert-OH is 1. The fourth-order valence-corrected chi connectivity index (χ4v) is 5.22. The summed E-state index contributed by atoms with van der Waals surface area (Å²) in [5, 5.41) is 9.63. The minimum absolute atomic E-state index is 0.190. The van der Waals surface area contributed by atoms with Crippen LogP contribution in [0.1, 0.15) is 6.23 Å². The van der Waals surface area contributed by atoms with Crippen LogP contribution in [0.3, 0.4) is 0 Å². The van der Waals surface area contributed by atoms with Gasteiger partial charge < -0.3 is 28.4 Å². The van der Waals surface area contributed by atoms with Gasteiger partial charge >= 0.3 is 19.4 Å². The van der Waals surface area contributed by atoms with E-state index in [1.54, 1.807) is 4.98 Å². The SMILES string of the molecule is COc1ccc(OP(=O)(OCC2(C(F)F)OC(n3cc(Cl)c(=O)[nH]c3=O)C(O)C2(F)F)Oc2ccc(OC)cc2)cc1. The number of aromatic amines is 1. The number of aromatic nitrogens is 2. The molecule has 3 unspecified atom stereocenters. The molecule has 0 spiro atoms. The van der Waals surface area contributed by atoms with Gasteiger partial charge in [-0.25, -0.2) is 18.1 Å².